The molecule has 1 aromatic carbocycles. The first kappa shape index (κ1) is 30.7. The monoisotopic (exact) mass is 636 g/mol. The lowest BCUT2D eigenvalue weighted by Gasteiger charge is -2.35. The van der Waals surface area contributed by atoms with E-state index in [-0.39, 0.29) is 85.2 Å². The highest BCUT2D eigenvalue weighted by atomic mass is 19.1. The molecule has 46 heavy (non-hydrogen) atoms. The van der Waals surface area contributed by atoms with Crippen molar-refractivity contribution >= 4 is 52.5 Å². The Labute approximate surface area is 260 Å². The SMILES string of the molecule is CC(=O)NC[C@H]1CN(c2ccc(/C=C/C(=O)N3CCN(c4nc5c(cc4F)c(=O)c(C(=O)O)cn5C4CC4)CC3)c(F)c2)C(=O)O1. The average molecular weight is 637 g/mol. The summed E-state index contributed by atoms with van der Waals surface area (Å²) in [6.45, 7) is 2.58. The number of carboxylic acids is 1. The van der Waals surface area contributed by atoms with Crippen molar-refractivity contribution in [2.24, 2.45) is 0 Å². The number of hydrogen-bond donors (Lipinski definition) is 2. The van der Waals surface area contributed by atoms with E-state index < -0.39 is 40.8 Å². The number of carbonyl (C=O) groups is 4. The maximum atomic E-state index is 15.2. The molecule has 0 unspecified atom stereocenters. The molecule has 4 heterocycles. The molecule has 6 rings (SSSR count). The van der Waals surface area contributed by atoms with E-state index in [0.717, 1.165) is 18.9 Å². The Morgan fingerprint density at radius 2 is 1.83 bits per heavy atom. The minimum absolute atomic E-state index is 0.0116. The van der Waals surface area contributed by atoms with Crippen LogP contribution in [-0.4, -0.2) is 88.8 Å². The number of carbonyl (C=O) groups excluding carboxylic acids is 3. The van der Waals surface area contributed by atoms with Gasteiger partial charge in [0.25, 0.3) is 0 Å². The number of nitrogens with one attached hydrogen (secondary N) is 1. The zero-order valence-corrected chi connectivity index (χ0v) is 24.7. The molecule has 2 aromatic heterocycles. The summed E-state index contributed by atoms with van der Waals surface area (Å²) >= 11 is 0. The summed E-state index contributed by atoms with van der Waals surface area (Å²) in [5.41, 5.74) is -0.605. The lowest BCUT2D eigenvalue weighted by Crippen LogP contribution is -2.48. The summed E-state index contributed by atoms with van der Waals surface area (Å²) in [5, 5.41) is 11.9. The lowest BCUT2D eigenvalue weighted by atomic mass is 10.1. The number of rotatable bonds is 8. The molecule has 1 aliphatic carbocycles. The largest absolute Gasteiger partial charge is 0.477 e. The Morgan fingerprint density at radius 3 is 2.48 bits per heavy atom. The topological polar surface area (TPSA) is 154 Å². The smallest absolute Gasteiger partial charge is 0.414 e. The number of pyridine rings is 2. The fourth-order valence-electron chi connectivity index (χ4n) is 5.56. The molecular weight excluding hydrogens is 606 g/mol. The van der Waals surface area contributed by atoms with E-state index in [1.165, 1.54) is 53.3 Å². The summed E-state index contributed by atoms with van der Waals surface area (Å²) in [5.74, 6) is -3.42. The highest BCUT2D eigenvalue weighted by molar-refractivity contribution is 5.93. The number of benzene rings is 1. The van der Waals surface area contributed by atoms with E-state index >= 15 is 4.39 Å². The van der Waals surface area contributed by atoms with E-state index in [0.29, 0.717) is 0 Å². The van der Waals surface area contributed by atoms with Crippen molar-refractivity contribution in [3.8, 4) is 0 Å². The molecule has 1 saturated carbocycles. The molecule has 0 spiro atoms. The van der Waals surface area contributed by atoms with Crippen molar-refractivity contribution < 1.29 is 37.8 Å². The number of carboxylic acid groups (broad SMARTS) is 1. The molecule has 240 valence electrons. The van der Waals surface area contributed by atoms with Crippen molar-refractivity contribution in [2.45, 2.75) is 31.9 Å². The van der Waals surface area contributed by atoms with Crippen LogP contribution in [-0.2, 0) is 14.3 Å². The van der Waals surface area contributed by atoms with Gasteiger partial charge in [-0.1, -0.05) is 0 Å². The second kappa shape index (κ2) is 12.2. The number of anilines is 2. The summed E-state index contributed by atoms with van der Waals surface area (Å²) in [6, 6.07) is 5.16. The number of halogens is 2. The van der Waals surface area contributed by atoms with Gasteiger partial charge in [0.1, 0.15) is 23.1 Å². The third kappa shape index (κ3) is 6.12. The molecule has 2 aliphatic heterocycles. The van der Waals surface area contributed by atoms with E-state index in [2.05, 4.69) is 10.3 Å². The van der Waals surface area contributed by atoms with Crippen molar-refractivity contribution in [1.82, 2.24) is 19.8 Å². The molecule has 2 saturated heterocycles. The highest BCUT2D eigenvalue weighted by Crippen LogP contribution is 2.37. The zero-order chi connectivity index (χ0) is 32.7. The molecule has 3 fully saturated rings. The van der Waals surface area contributed by atoms with Gasteiger partial charge < -0.3 is 29.5 Å². The van der Waals surface area contributed by atoms with Gasteiger partial charge >= 0.3 is 12.1 Å². The quantitative estimate of drug-likeness (QED) is 0.355. The van der Waals surface area contributed by atoms with Crippen LogP contribution in [0.15, 0.2) is 41.3 Å². The van der Waals surface area contributed by atoms with Gasteiger partial charge in [0, 0.05) is 57.0 Å². The number of nitrogens with zero attached hydrogens (tertiary/aromatic N) is 5. The van der Waals surface area contributed by atoms with E-state index in [1.54, 1.807) is 9.47 Å². The molecule has 2 N–H and O–H groups in total. The number of ether oxygens (including phenoxy) is 1. The fraction of sp³-hybridized carbons (Fsp3) is 0.355. The van der Waals surface area contributed by atoms with Crippen LogP contribution in [0.2, 0.25) is 0 Å². The first-order valence-corrected chi connectivity index (χ1v) is 14.7. The van der Waals surface area contributed by atoms with Crippen LogP contribution in [0.5, 0.6) is 0 Å². The molecule has 3 aliphatic rings. The molecule has 13 nitrogen and oxygen atoms in total. The summed E-state index contributed by atoms with van der Waals surface area (Å²) < 4.78 is 37.0. The Morgan fingerprint density at radius 1 is 1.09 bits per heavy atom. The van der Waals surface area contributed by atoms with Crippen LogP contribution in [0.3, 0.4) is 0 Å². The predicted octanol–water partition coefficient (Wildman–Crippen LogP) is 2.53. The number of cyclic esters (lactones) is 1. The summed E-state index contributed by atoms with van der Waals surface area (Å²) in [7, 11) is 0. The predicted molar refractivity (Wildman–Crippen MR) is 162 cm³/mol. The number of hydrogen-bond acceptors (Lipinski definition) is 8. The van der Waals surface area contributed by atoms with Gasteiger partial charge in [-0.2, -0.15) is 0 Å². The second-order valence-corrected chi connectivity index (χ2v) is 11.4. The van der Waals surface area contributed by atoms with Gasteiger partial charge in [-0.25, -0.2) is 23.4 Å². The molecule has 1 atom stereocenters. The van der Waals surface area contributed by atoms with Gasteiger partial charge in [-0.15, -0.1) is 0 Å². The lowest BCUT2D eigenvalue weighted by molar-refractivity contribution is -0.126. The van der Waals surface area contributed by atoms with E-state index in [9.17, 15) is 33.5 Å². The Hall–Kier alpha value is -5.34. The Bertz CT molecular complexity index is 1850. The molecular formula is C31H30F2N6O7. The van der Waals surface area contributed by atoms with Crippen molar-refractivity contribution in [1.29, 1.82) is 0 Å². The van der Waals surface area contributed by atoms with Crippen LogP contribution in [0.25, 0.3) is 17.1 Å². The highest BCUT2D eigenvalue weighted by Gasteiger charge is 2.33. The third-order valence-corrected chi connectivity index (χ3v) is 8.15. The zero-order valence-electron chi connectivity index (χ0n) is 24.7. The van der Waals surface area contributed by atoms with Crippen LogP contribution in [0.1, 0.15) is 41.7 Å². The number of amides is 3. The van der Waals surface area contributed by atoms with Gasteiger partial charge in [-0.3, -0.25) is 19.3 Å². The standard InChI is InChI=1S/C31H30F2N6O7/c1-17(40)34-14-21-15-39(31(45)46-21)20-4-2-18(24(32)12-20)3-7-26(41)36-8-10-37(11-9-36)29-25(33)13-22-27(42)23(30(43)44)16-38(19-5-6-19)28(22)35-29/h2-4,7,12-13,16,19,21H,5-6,8-11,14-15H2,1H3,(H,34,40)(H,43,44)/b7-3+/t21-/m0/s1. The van der Waals surface area contributed by atoms with Crippen LogP contribution < -0.4 is 20.5 Å². The Balaban J connectivity index is 1.10. The number of aromatic carboxylic acids is 1. The molecule has 3 aromatic rings. The average Bonchev–Trinajstić information content (AvgIpc) is 3.80. The van der Waals surface area contributed by atoms with Gasteiger partial charge in [-0.05, 0) is 43.2 Å². The number of piperazine rings is 1. The maximum Gasteiger partial charge on any atom is 0.414 e. The van der Waals surface area contributed by atoms with Crippen molar-refractivity contribution in [2.75, 3.05) is 49.1 Å². The molecule has 15 heteroatoms. The molecule has 0 radical (unpaired) electrons. The van der Waals surface area contributed by atoms with Crippen LogP contribution in [0, 0.1) is 11.6 Å². The minimum atomic E-state index is -1.39. The van der Waals surface area contributed by atoms with Crippen LogP contribution in [0.4, 0.5) is 25.1 Å². The fourth-order valence-corrected chi connectivity index (χ4v) is 5.56. The second-order valence-electron chi connectivity index (χ2n) is 11.4. The first-order chi connectivity index (χ1) is 22.0. The van der Waals surface area contributed by atoms with Crippen LogP contribution >= 0.6 is 0 Å². The van der Waals surface area contributed by atoms with Crippen molar-refractivity contribution in [3.05, 3.63) is 69.5 Å². The van der Waals surface area contributed by atoms with Crippen molar-refractivity contribution in [3.63, 3.8) is 0 Å². The van der Waals surface area contributed by atoms with E-state index in [1.807, 2.05) is 0 Å². The van der Waals surface area contributed by atoms with E-state index in [4.69, 9.17) is 4.74 Å². The van der Waals surface area contributed by atoms with Gasteiger partial charge in [0.05, 0.1) is 24.2 Å². The summed E-state index contributed by atoms with van der Waals surface area (Å²) in [4.78, 5) is 69.5. The summed E-state index contributed by atoms with van der Waals surface area (Å²) in [6.07, 6.45) is 4.21. The Kier molecular flexibility index (Phi) is 8.15. The third-order valence-electron chi connectivity index (χ3n) is 8.15. The van der Waals surface area contributed by atoms with Gasteiger partial charge in [0.2, 0.25) is 17.2 Å². The number of aromatic nitrogens is 2. The molecule has 3 amide bonds. The number of fused-ring (bicyclic) bond motifs is 1. The van der Waals surface area contributed by atoms with Gasteiger partial charge in [0.15, 0.2) is 11.6 Å². The first-order valence-electron chi connectivity index (χ1n) is 14.7. The minimum Gasteiger partial charge on any atom is -0.477 e. The normalized spacial score (nSPS) is 18.4. The maximum absolute atomic E-state index is 15.2. The molecule has 0 bridgehead atoms.